The predicted molar refractivity (Wildman–Crippen MR) is 68.0 cm³/mol. The van der Waals surface area contributed by atoms with Gasteiger partial charge in [0.25, 0.3) is 0 Å². The third-order valence-corrected chi connectivity index (χ3v) is 4.23. The van der Waals surface area contributed by atoms with E-state index in [1.54, 1.807) is 0 Å². The van der Waals surface area contributed by atoms with E-state index in [-0.39, 0.29) is 11.7 Å². The summed E-state index contributed by atoms with van der Waals surface area (Å²) in [6.07, 6.45) is 0.855. The molecule has 0 aliphatic carbocycles. The van der Waals surface area contributed by atoms with Gasteiger partial charge in [0, 0.05) is 16.6 Å². The van der Waals surface area contributed by atoms with Crippen molar-refractivity contribution in [2.45, 2.75) is 20.3 Å². The lowest BCUT2D eigenvalue weighted by molar-refractivity contribution is 0.101. The molecule has 0 radical (unpaired) electrons. The van der Waals surface area contributed by atoms with Crippen molar-refractivity contribution in [1.29, 1.82) is 0 Å². The van der Waals surface area contributed by atoms with E-state index in [2.05, 4.69) is 0 Å². The van der Waals surface area contributed by atoms with E-state index in [9.17, 15) is 17.8 Å². The van der Waals surface area contributed by atoms with E-state index in [0.29, 0.717) is 5.75 Å². The molecular formula is C13H16F2O2S. The van der Waals surface area contributed by atoms with Gasteiger partial charge in [-0.1, -0.05) is 26.3 Å². The fourth-order valence-corrected chi connectivity index (χ4v) is 2.90. The molecule has 0 N–H and O–H groups in total. The van der Waals surface area contributed by atoms with Crippen LogP contribution in [0.25, 0.3) is 0 Å². The minimum Gasteiger partial charge on any atom is -0.293 e. The lowest BCUT2D eigenvalue weighted by atomic mass is 10.1. The Morgan fingerprint density at radius 1 is 1.33 bits per heavy atom. The summed E-state index contributed by atoms with van der Waals surface area (Å²) in [6.45, 7) is 3.88. The Hall–Kier alpha value is -1.10. The van der Waals surface area contributed by atoms with Crippen LogP contribution < -0.4 is 0 Å². The van der Waals surface area contributed by atoms with Crippen molar-refractivity contribution < 1.29 is 17.8 Å². The molecule has 0 saturated carbocycles. The van der Waals surface area contributed by atoms with E-state index in [1.165, 1.54) is 6.07 Å². The number of ketones is 1. The topological polar surface area (TPSA) is 34.1 Å². The van der Waals surface area contributed by atoms with E-state index in [4.69, 9.17) is 0 Å². The van der Waals surface area contributed by atoms with Gasteiger partial charge >= 0.3 is 0 Å². The second kappa shape index (κ2) is 6.73. The van der Waals surface area contributed by atoms with Crippen molar-refractivity contribution in [2.75, 3.05) is 11.5 Å². The fraction of sp³-hybridized carbons (Fsp3) is 0.462. The molecule has 0 aliphatic heterocycles. The zero-order valence-corrected chi connectivity index (χ0v) is 11.2. The van der Waals surface area contributed by atoms with Gasteiger partial charge in [-0.25, -0.2) is 8.78 Å². The highest BCUT2D eigenvalue weighted by atomic mass is 32.2. The SMILES string of the molecule is CCC(C)CS(=O)CC(=O)c1c(F)cccc1F. The fourth-order valence-electron chi connectivity index (χ4n) is 1.48. The number of rotatable bonds is 6. The maximum Gasteiger partial charge on any atom is 0.181 e. The molecule has 0 bridgehead atoms. The molecule has 0 saturated heterocycles. The maximum absolute atomic E-state index is 13.3. The third-order valence-electron chi connectivity index (χ3n) is 2.70. The largest absolute Gasteiger partial charge is 0.293 e. The van der Waals surface area contributed by atoms with Crippen LogP contribution in [0.3, 0.4) is 0 Å². The molecular weight excluding hydrogens is 258 g/mol. The van der Waals surface area contributed by atoms with Gasteiger partial charge in [0.1, 0.15) is 11.6 Å². The Morgan fingerprint density at radius 2 is 1.89 bits per heavy atom. The zero-order valence-electron chi connectivity index (χ0n) is 10.4. The average molecular weight is 274 g/mol. The first kappa shape index (κ1) is 15.0. The van der Waals surface area contributed by atoms with Crippen LogP contribution in [-0.2, 0) is 10.8 Å². The monoisotopic (exact) mass is 274 g/mol. The molecule has 5 heteroatoms. The van der Waals surface area contributed by atoms with Crippen molar-refractivity contribution in [3.05, 3.63) is 35.4 Å². The van der Waals surface area contributed by atoms with E-state index in [0.717, 1.165) is 18.6 Å². The van der Waals surface area contributed by atoms with Gasteiger partial charge in [-0.2, -0.15) is 0 Å². The molecule has 0 aliphatic rings. The number of hydrogen-bond acceptors (Lipinski definition) is 2. The van der Waals surface area contributed by atoms with Crippen molar-refractivity contribution in [3.8, 4) is 0 Å². The summed E-state index contributed by atoms with van der Waals surface area (Å²) in [5.74, 6) is -2.28. The van der Waals surface area contributed by atoms with Crippen LogP contribution in [0.1, 0.15) is 30.6 Å². The minimum atomic E-state index is -1.38. The van der Waals surface area contributed by atoms with Crippen LogP contribution in [0.5, 0.6) is 0 Å². The van der Waals surface area contributed by atoms with Crippen molar-refractivity contribution in [3.63, 3.8) is 0 Å². The normalized spacial score (nSPS) is 14.2. The van der Waals surface area contributed by atoms with Gasteiger partial charge in [0.2, 0.25) is 0 Å². The standard InChI is InChI=1S/C13H16F2O2S/c1-3-9(2)7-18(17)8-12(16)13-10(14)5-4-6-11(13)15/h4-6,9H,3,7-8H2,1-2H3. The minimum absolute atomic E-state index is 0.226. The van der Waals surface area contributed by atoms with Gasteiger partial charge in [-0.05, 0) is 18.1 Å². The summed E-state index contributed by atoms with van der Waals surface area (Å²) in [5, 5.41) is 0. The van der Waals surface area contributed by atoms with Gasteiger partial charge < -0.3 is 0 Å². The maximum atomic E-state index is 13.3. The molecule has 1 aromatic carbocycles. The van der Waals surface area contributed by atoms with Crippen molar-refractivity contribution >= 4 is 16.6 Å². The summed E-state index contributed by atoms with van der Waals surface area (Å²) in [6, 6.07) is 3.24. The molecule has 18 heavy (non-hydrogen) atoms. The Labute approximate surface area is 108 Å². The van der Waals surface area contributed by atoms with Crippen LogP contribution >= 0.6 is 0 Å². The lowest BCUT2D eigenvalue weighted by Gasteiger charge is -2.08. The third kappa shape index (κ3) is 3.98. The second-order valence-electron chi connectivity index (χ2n) is 4.28. The van der Waals surface area contributed by atoms with Crippen molar-refractivity contribution in [2.24, 2.45) is 5.92 Å². The Kier molecular flexibility index (Phi) is 5.59. The smallest absolute Gasteiger partial charge is 0.181 e. The van der Waals surface area contributed by atoms with Crippen LogP contribution in [0.2, 0.25) is 0 Å². The van der Waals surface area contributed by atoms with Crippen LogP contribution in [0, 0.1) is 17.6 Å². The first-order valence-corrected chi connectivity index (χ1v) is 7.26. The number of Topliss-reactive ketones (excluding diaryl/α,β-unsaturated/α-hetero) is 1. The molecule has 100 valence electrons. The summed E-state index contributed by atoms with van der Waals surface area (Å²) in [5.41, 5.74) is -0.588. The Morgan fingerprint density at radius 3 is 2.39 bits per heavy atom. The van der Waals surface area contributed by atoms with Gasteiger partial charge in [-0.3, -0.25) is 9.00 Å². The summed E-state index contributed by atoms with van der Waals surface area (Å²) < 4.78 is 38.3. The molecule has 0 amide bonds. The molecule has 1 aromatic rings. The van der Waals surface area contributed by atoms with E-state index in [1.807, 2.05) is 13.8 Å². The van der Waals surface area contributed by atoms with Crippen LogP contribution in [0.15, 0.2) is 18.2 Å². The predicted octanol–water partition coefficient (Wildman–Crippen LogP) is 2.94. The highest BCUT2D eigenvalue weighted by molar-refractivity contribution is 7.85. The zero-order chi connectivity index (χ0) is 13.7. The van der Waals surface area contributed by atoms with Gasteiger partial charge in [0.05, 0.1) is 11.3 Å². The van der Waals surface area contributed by atoms with E-state index >= 15 is 0 Å². The number of carbonyl (C=O) groups excluding carboxylic acids is 1. The lowest BCUT2D eigenvalue weighted by Crippen LogP contribution is -2.18. The molecule has 2 unspecified atom stereocenters. The highest BCUT2D eigenvalue weighted by Gasteiger charge is 2.19. The van der Waals surface area contributed by atoms with Gasteiger partial charge in [-0.15, -0.1) is 0 Å². The van der Waals surface area contributed by atoms with Gasteiger partial charge in [0.15, 0.2) is 5.78 Å². The second-order valence-corrected chi connectivity index (χ2v) is 5.79. The number of halogens is 2. The van der Waals surface area contributed by atoms with Crippen LogP contribution in [-0.4, -0.2) is 21.5 Å². The highest BCUT2D eigenvalue weighted by Crippen LogP contribution is 2.14. The summed E-state index contributed by atoms with van der Waals surface area (Å²) >= 11 is 0. The Bertz CT molecular complexity index is 440. The number of hydrogen-bond donors (Lipinski definition) is 0. The Balaban J connectivity index is 2.74. The molecule has 0 heterocycles. The molecule has 0 aromatic heterocycles. The first-order chi connectivity index (χ1) is 8.45. The summed E-state index contributed by atoms with van der Waals surface area (Å²) in [4.78, 5) is 11.7. The summed E-state index contributed by atoms with van der Waals surface area (Å²) in [7, 11) is -1.38. The molecule has 1 rings (SSSR count). The van der Waals surface area contributed by atoms with Crippen molar-refractivity contribution in [1.82, 2.24) is 0 Å². The van der Waals surface area contributed by atoms with E-state index < -0.39 is 33.8 Å². The first-order valence-electron chi connectivity index (χ1n) is 5.77. The molecule has 2 atom stereocenters. The molecule has 2 nitrogen and oxygen atoms in total. The number of benzene rings is 1. The number of carbonyl (C=O) groups is 1. The molecule has 0 fully saturated rings. The molecule has 0 spiro atoms. The quantitative estimate of drug-likeness (QED) is 0.747. The average Bonchev–Trinajstić information content (AvgIpc) is 2.28. The van der Waals surface area contributed by atoms with Crippen LogP contribution in [0.4, 0.5) is 8.78 Å².